The minimum absolute atomic E-state index is 0.0315. The number of hydrogen-bond donors (Lipinski definition) is 1. The number of alkyl halides is 2. The van der Waals surface area contributed by atoms with Crippen LogP contribution >= 0.6 is 12.2 Å². The second kappa shape index (κ2) is 10.1. The van der Waals surface area contributed by atoms with E-state index in [0.717, 1.165) is 0 Å². The lowest BCUT2D eigenvalue weighted by molar-refractivity contribution is -0.0498. The molecule has 0 saturated carbocycles. The molecular formula is C20H21F2N5O3S2. The molecule has 2 aromatic carbocycles. The number of hydrogen-bond acceptors (Lipinski definition) is 6. The molecule has 0 atom stereocenters. The lowest BCUT2D eigenvalue weighted by atomic mass is 10.2. The van der Waals surface area contributed by atoms with Crippen LogP contribution in [-0.2, 0) is 10.0 Å². The zero-order valence-corrected chi connectivity index (χ0v) is 18.9. The van der Waals surface area contributed by atoms with Gasteiger partial charge in [-0.05, 0) is 54.2 Å². The number of benzene rings is 2. The highest BCUT2D eigenvalue weighted by atomic mass is 32.2. The van der Waals surface area contributed by atoms with Gasteiger partial charge in [0.1, 0.15) is 5.75 Å². The van der Waals surface area contributed by atoms with Crippen LogP contribution in [0.15, 0.2) is 58.5 Å². The third-order valence-electron chi connectivity index (χ3n) is 4.51. The molecule has 0 aliphatic rings. The molecule has 0 saturated heterocycles. The molecule has 3 rings (SSSR count). The summed E-state index contributed by atoms with van der Waals surface area (Å²) in [5.74, 6) is 0.351. The Morgan fingerprint density at radius 3 is 2.53 bits per heavy atom. The van der Waals surface area contributed by atoms with Gasteiger partial charge in [-0.3, -0.25) is 0 Å². The molecule has 0 spiro atoms. The van der Waals surface area contributed by atoms with Gasteiger partial charge >= 0.3 is 6.61 Å². The normalized spacial score (nSPS) is 12.2. The van der Waals surface area contributed by atoms with Crippen molar-refractivity contribution in [1.29, 1.82) is 0 Å². The second-order valence-electron chi connectivity index (χ2n) is 6.47. The van der Waals surface area contributed by atoms with Crippen molar-refractivity contribution in [2.24, 2.45) is 5.10 Å². The minimum atomic E-state index is -3.65. The number of ether oxygens (including phenoxy) is 1. The molecular weight excluding hydrogens is 460 g/mol. The first-order chi connectivity index (χ1) is 15.3. The Morgan fingerprint density at radius 1 is 1.22 bits per heavy atom. The summed E-state index contributed by atoms with van der Waals surface area (Å²) in [6.07, 6.45) is 1.47. The topological polar surface area (TPSA) is 92.6 Å². The number of nitrogens with one attached hydrogen (secondary N) is 1. The van der Waals surface area contributed by atoms with Gasteiger partial charge in [0.25, 0.3) is 0 Å². The Morgan fingerprint density at radius 2 is 1.91 bits per heavy atom. The summed E-state index contributed by atoms with van der Waals surface area (Å²) in [6, 6.07) is 12.3. The summed E-state index contributed by atoms with van der Waals surface area (Å²) < 4.78 is 57.5. The molecule has 32 heavy (non-hydrogen) atoms. The predicted octanol–water partition coefficient (Wildman–Crippen LogP) is 4.12. The van der Waals surface area contributed by atoms with Crippen LogP contribution in [0.2, 0.25) is 0 Å². The third kappa shape index (κ3) is 5.26. The lowest BCUT2D eigenvalue weighted by Crippen LogP contribution is -2.30. The summed E-state index contributed by atoms with van der Waals surface area (Å²) in [5.41, 5.74) is 1.11. The van der Waals surface area contributed by atoms with E-state index >= 15 is 0 Å². The number of rotatable bonds is 9. The zero-order valence-electron chi connectivity index (χ0n) is 17.3. The van der Waals surface area contributed by atoms with Gasteiger partial charge in [0.05, 0.1) is 11.1 Å². The van der Waals surface area contributed by atoms with Gasteiger partial charge in [0.2, 0.25) is 14.8 Å². The maximum Gasteiger partial charge on any atom is 0.387 e. The number of nitrogens with zero attached hydrogens (tertiary/aromatic N) is 4. The average Bonchev–Trinajstić information content (AvgIpc) is 3.14. The molecule has 1 aromatic heterocycles. The summed E-state index contributed by atoms with van der Waals surface area (Å²) in [4.78, 5) is 0.137. The fourth-order valence-electron chi connectivity index (χ4n) is 2.95. The average molecular weight is 482 g/mol. The van der Waals surface area contributed by atoms with Gasteiger partial charge in [-0.1, -0.05) is 26.0 Å². The van der Waals surface area contributed by atoms with E-state index in [1.807, 2.05) is 0 Å². The highest BCUT2D eigenvalue weighted by molar-refractivity contribution is 7.89. The number of H-pyrrole nitrogens is 1. The van der Waals surface area contributed by atoms with Crippen LogP contribution in [-0.4, -0.2) is 53.5 Å². The Hall–Kier alpha value is -2.96. The maximum absolute atomic E-state index is 12.9. The second-order valence-corrected chi connectivity index (χ2v) is 8.80. The van der Waals surface area contributed by atoms with E-state index in [1.54, 1.807) is 38.1 Å². The molecule has 12 heteroatoms. The lowest BCUT2D eigenvalue weighted by Gasteiger charge is -2.18. The molecule has 1 heterocycles. The molecule has 0 fully saturated rings. The van der Waals surface area contributed by atoms with Crippen molar-refractivity contribution < 1.29 is 21.9 Å². The number of aromatic amines is 1. The first-order valence-electron chi connectivity index (χ1n) is 9.63. The van der Waals surface area contributed by atoms with Crippen molar-refractivity contribution in [1.82, 2.24) is 19.2 Å². The van der Waals surface area contributed by atoms with E-state index < -0.39 is 16.6 Å². The molecule has 0 radical (unpaired) electrons. The number of aromatic nitrogens is 3. The Kier molecular flexibility index (Phi) is 7.48. The van der Waals surface area contributed by atoms with Gasteiger partial charge in [-0.25, -0.2) is 13.5 Å². The third-order valence-corrected chi connectivity index (χ3v) is 6.82. The summed E-state index contributed by atoms with van der Waals surface area (Å²) in [5, 5.41) is 11.1. The minimum Gasteiger partial charge on any atom is -0.435 e. The smallest absolute Gasteiger partial charge is 0.387 e. The zero-order chi connectivity index (χ0) is 23.3. The molecule has 1 N–H and O–H groups in total. The Bertz CT molecular complexity index is 1250. The number of sulfonamides is 1. The molecule has 3 aromatic rings. The molecule has 0 unspecified atom stereocenters. The van der Waals surface area contributed by atoms with Crippen LogP contribution in [0.5, 0.6) is 5.75 Å². The van der Waals surface area contributed by atoms with E-state index in [4.69, 9.17) is 12.2 Å². The standard InChI is InChI=1S/C20H21F2N5O3S2/c1-3-26(4-2)32(28,29)17-7-5-6-15(12-17)18-24-25-20(31)27(18)23-13-14-8-10-16(11-9-14)30-19(21)22/h5-13,19H,3-4H2,1-2H3,(H,25,31). The van der Waals surface area contributed by atoms with Gasteiger partial charge in [0.15, 0.2) is 5.82 Å². The van der Waals surface area contributed by atoms with Crippen molar-refractivity contribution in [2.75, 3.05) is 13.1 Å². The maximum atomic E-state index is 12.9. The van der Waals surface area contributed by atoms with E-state index in [0.29, 0.717) is 30.0 Å². The Balaban J connectivity index is 1.93. The molecule has 0 bridgehead atoms. The summed E-state index contributed by atoms with van der Waals surface area (Å²) in [7, 11) is -3.65. The largest absolute Gasteiger partial charge is 0.435 e. The van der Waals surface area contributed by atoms with Crippen molar-refractivity contribution >= 4 is 28.5 Å². The quantitative estimate of drug-likeness (QED) is 0.367. The molecule has 170 valence electrons. The van der Waals surface area contributed by atoms with Crippen LogP contribution in [0.1, 0.15) is 19.4 Å². The van der Waals surface area contributed by atoms with Crippen LogP contribution in [0.3, 0.4) is 0 Å². The van der Waals surface area contributed by atoms with Gasteiger partial charge in [-0.2, -0.15) is 28.0 Å². The summed E-state index contributed by atoms with van der Waals surface area (Å²) >= 11 is 5.24. The highest BCUT2D eigenvalue weighted by Crippen LogP contribution is 2.23. The van der Waals surface area contributed by atoms with Gasteiger partial charge in [0, 0.05) is 18.7 Å². The fourth-order valence-corrected chi connectivity index (χ4v) is 4.64. The van der Waals surface area contributed by atoms with Crippen LogP contribution < -0.4 is 4.74 Å². The highest BCUT2D eigenvalue weighted by Gasteiger charge is 2.22. The van der Waals surface area contributed by atoms with Crippen molar-refractivity contribution in [3.63, 3.8) is 0 Å². The van der Waals surface area contributed by atoms with E-state index in [2.05, 4.69) is 20.0 Å². The van der Waals surface area contributed by atoms with Gasteiger partial charge < -0.3 is 4.74 Å². The monoisotopic (exact) mass is 481 g/mol. The van der Waals surface area contributed by atoms with Crippen LogP contribution in [0.25, 0.3) is 11.4 Å². The Labute approximate surface area is 189 Å². The van der Waals surface area contributed by atoms with E-state index in [-0.39, 0.29) is 15.4 Å². The van der Waals surface area contributed by atoms with E-state index in [9.17, 15) is 17.2 Å². The SMILES string of the molecule is CCN(CC)S(=O)(=O)c1cccc(-c2n[nH]c(=S)n2N=Cc2ccc(OC(F)F)cc2)c1. The predicted molar refractivity (Wildman–Crippen MR) is 119 cm³/mol. The first-order valence-corrected chi connectivity index (χ1v) is 11.5. The van der Waals surface area contributed by atoms with Crippen LogP contribution in [0.4, 0.5) is 8.78 Å². The molecule has 0 aliphatic carbocycles. The molecule has 0 amide bonds. The fraction of sp³-hybridized carbons (Fsp3) is 0.250. The molecule has 0 aliphatic heterocycles. The van der Waals surface area contributed by atoms with Gasteiger partial charge in [-0.15, -0.1) is 0 Å². The van der Waals surface area contributed by atoms with Crippen molar-refractivity contribution in [2.45, 2.75) is 25.4 Å². The molecule has 8 nitrogen and oxygen atoms in total. The van der Waals surface area contributed by atoms with Crippen LogP contribution in [0, 0.1) is 4.77 Å². The summed E-state index contributed by atoms with van der Waals surface area (Å²) in [6.45, 7) is 1.36. The van der Waals surface area contributed by atoms with Crippen molar-refractivity contribution in [3.8, 4) is 17.1 Å². The van der Waals surface area contributed by atoms with Crippen molar-refractivity contribution in [3.05, 3.63) is 58.9 Å². The van der Waals surface area contributed by atoms with E-state index in [1.165, 1.54) is 39.5 Å². The first kappa shape index (κ1) is 23.7. The number of halogens is 2.